The number of carbonyl (C=O) groups is 1. The molecule has 1 N–H and O–H groups in total. The van der Waals surface area contributed by atoms with E-state index in [4.69, 9.17) is 9.47 Å². The Bertz CT molecular complexity index is 737. The number of nitrogens with zero attached hydrogens (tertiary/aromatic N) is 3. The van der Waals surface area contributed by atoms with Crippen LogP contribution in [-0.4, -0.2) is 36.1 Å². The predicted molar refractivity (Wildman–Crippen MR) is 91.6 cm³/mol. The highest BCUT2D eigenvalue weighted by Gasteiger charge is 2.05. The smallest absolute Gasteiger partial charge is 0.241 e. The van der Waals surface area contributed by atoms with Crippen molar-refractivity contribution in [2.24, 2.45) is 5.10 Å². The van der Waals surface area contributed by atoms with Crippen LogP contribution in [0.15, 0.2) is 29.4 Å². The van der Waals surface area contributed by atoms with E-state index in [1.807, 2.05) is 30.7 Å². The number of ether oxygens (including phenoxy) is 2. The van der Waals surface area contributed by atoms with Crippen molar-refractivity contribution in [3.8, 4) is 11.5 Å². The molecule has 0 unspecified atom stereocenters. The molecule has 7 nitrogen and oxygen atoms in total. The van der Waals surface area contributed by atoms with Gasteiger partial charge in [-0.3, -0.25) is 9.48 Å². The summed E-state index contributed by atoms with van der Waals surface area (Å²) >= 11 is 0. The number of carbonyl (C=O) groups excluding carboxylic acids is 1. The van der Waals surface area contributed by atoms with Crippen LogP contribution >= 0.6 is 0 Å². The average molecular weight is 330 g/mol. The first-order chi connectivity index (χ1) is 11.5. The van der Waals surface area contributed by atoms with Crippen molar-refractivity contribution in [3.05, 3.63) is 41.2 Å². The van der Waals surface area contributed by atoms with Gasteiger partial charge in [-0.2, -0.15) is 10.2 Å². The molecule has 0 bridgehead atoms. The van der Waals surface area contributed by atoms with E-state index in [9.17, 15) is 4.79 Å². The van der Waals surface area contributed by atoms with E-state index >= 15 is 0 Å². The van der Waals surface area contributed by atoms with Crippen LogP contribution in [0.25, 0.3) is 0 Å². The summed E-state index contributed by atoms with van der Waals surface area (Å²) < 4.78 is 12.2. The van der Waals surface area contributed by atoms with Crippen LogP contribution in [0.3, 0.4) is 0 Å². The summed E-state index contributed by atoms with van der Waals surface area (Å²) in [6.45, 7) is 4.42. The van der Waals surface area contributed by atoms with Crippen molar-refractivity contribution < 1.29 is 14.3 Å². The number of hydrogen-bond acceptors (Lipinski definition) is 5. The van der Waals surface area contributed by atoms with Gasteiger partial charge in [-0.05, 0) is 43.7 Å². The first-order valence-corrected chi connectivity index (χ1v) is 7.58. The van der Waals surface area contributed by atoms with E-state index in [0.717, 1.165) is 17.0 Å². The minimum Gasteiger partial charge on any atom is -0.493 e. The van der Waals surface area contributed by atoms with Gasteiger partial charge in [-0.15, -0.1) is 0 Å². The summed E-state index contributed by atoms with van der Waals surface area (Å²) in [5.74, 6) is 1.08. The topological polar surface area (TPSA) is 77.7 Å². The Balaban J connectivity index is 1.87. The molecular formula is C17H22N4O3. The molecule has 1 amide bonds. The standard InChI is InChI=1S/C17H22N4O3/c1-12-9-13(2)21(20-12)8-7-17(22)19-18-11-14-5-6-15(23-3)16(10-14)24-4/h5-6,9-11H,7-8H2,1-4H3,(H,19,22)/b18-11+. The summed E-state index contributed by atoms with van der Waals surface area (Å²) in [5.41, 5.74) is 5.29. The molecule has 0 fully saturated rings. The summed E-state index contributed by atoms with van der Waals surface area (Å²) in [4.78, 5) is 11.8. The maximum atomic E-state index is 11.8. The number of amides is 1. The summed E-state index contributed by atoms with van der Waals surface area (Å²) in [7, 11) is 3.15. The zero-order valence-corrected chi connectivity index (χ0v) is 14.4. The molecule has 1 heterocycles. The van der Waals surface area contributed by atoms with Crippen molar-refractivity contribution in [3.63, 3.8) is 0 Å². The third-order valence-corrected chi connectivity index (χ3v) is 3.46. The van der Waals surface area contributed by atoms with E-state index in [1.165, 1.54) is 0 Å². The SMILES string of the molecule is COc1ccc(/C=N/NC(=O)CCn2nc(C)cc2C)cc1OC. The Morgan fingerprint density at radius 3 is 2.62 bits per heavy atom. The van der Waals surface area contributed by atoms with Gasteiger partial charge < -0.3 is 9.47 Å². The first-order valence-electron chi connectivity index (χ1n) is 7.58. The van der Waals surface area contributed by atoms with Crippen molar-refractivity contribution in [1.82, 2.24) is 15.2 Å². The fourth-order valence-electron chi connectivity index (χ4n) is 2.28. The van der Waals surface area contributed by atoms with Gasteiger partial charge in [0.2, 0.25) is 5.91 Å². The maximum Gasteiger partial charge on any atom is 0.241 e. The number of aromatic nitrogens is 2. The highest BCUT2D eigenvalue weighted by atomic mass is 16.5. The molecule has 0 saturated heterocycles. The summed E-state index contributed by atoms with van der Waals surface area (Å²) in [5, 5.41) is 8.28. The third-order valence-electron chi connectivity index (χ3n) is 3.46. The molecule has 1 aromatic heterocycles. The molecule has 0 spiro atoms. The van der Waals surface area contributed by atoms with Crippen LogP contribution < -0.4 is 14.9 Å². The minimum atomic E-state index is -0.167. The highest BCUT2D eigenvalue weighted by molar-refractivity contribution is 5.83. The van der Waals surface area contributed by atoms with E-state index < -0.39 is 0 Å². The van der Waals surface area contributed by atoms with Gasteiger partial charge in [0.05, 0.1) is 32.7 Å². The second kappa shape index (κ2) is 8.14. The van der Waals surface area contributed by atoms with E-state index in [0.29, 0.717) is 24.5 Å². The Hall–Kier alpha value is -2.83. The molecule has 24 heavy (non-hydrogen) atoms. The summed E-state index contributed by atoms with van der Waals surface area (Å²) in [6.07, 6.45) is 1.87. The van der Waals surface area contributed by atoms with Gasteiger partial charge >= 0.3 is 0 Å². The van der Waals surface area contributed by atoms with Crippen LogP contribution in [0.2, 0.25) is 0 Å². The molecule has 0 aliphatic carbocycles. The third kappa shape index (κ3) is 4.58. The molecule has 0 saturated carbocycles. The summed E-state index contributed by atoms with van der Waals surface area (Å²) in [6, 6.07) is 7.37. The maximum absolute atomic E-state index is 11.8. The predicted octanol–water partition coefficient (Wildman–Crippen LogP) is 2.06. The second-order valence-electron chi connectivity index (χ2n) is 5.31. The van der Waals surface area contributed by atoms with Crippen molar-refractivity contribution >= 4 is 12.1 Å². The zero-order valence-electron chi connectivity index (χ0n) is 14.4. The molecule has 2 aromatic rings. The van der Waals surface area contributed by atoms with Gasteiger partial charge in [-0.1, -0.05) is 0 Å². The van der Waals surface area contributed by atoms with Crippen molar-refractivity contribution in [2.45, 2.75) is 26.8 Å². The van der Waals surface area contributed by atoms with E-state index in [1.54, 1.807) is 32.6 Å². The van der Waals surface area contributed by atoms with Crippen LogP contribution in [-0.2, 0) is 11.3 Å². The lowest BCUT2D eigenvalue weighted by Crippen LogP contribution is -2.20. The lowest BCUT2D eigenvalue weighted by atomic mass is 10.2. The lowest BCUT2D eigenvalue weighted by Gasteiger charge is -2.07. The normalized spacial score (nSPS) is 10.8. The Morgan fingerprint density at radius 2 is 2.00 bits per heavy atom. The number of rotatable bonds is 7. The Labute approximate surface area is 141 Å². The van der Waals surface area contributed by atoms with Crippen LogP contribution in [0.5, 0.6) is 11.5 Å². The quantitative estimate of drug-likeness (QED) is 0.623. The number of hydrogen-bond donors (Lipinski definition) is 1. The molecule has 0 aliphatic heterocycles. The van der Waals surface area contributed by atoms with Gasteiger partial charge in [-0.25, -0.2) is 5.43 Å². The van der Waals surface area contributed by atoms with Gasteiger partial charge in [0.15, 0.2) is 11.5 Å². The molecule has 1 aromatic carbocycles. The number of nitrogens with one attached hydrogen (secondary N) is 1. The molecule has 0 atom stereocenters. The fraction of sp³-hybridized carbons (Fsp3) is 0.353. The van der Waals surface area contributed by atoms with Crippen LogP contribution in [0.4, 0.5) is 0 Å². The first kappa shape index (κ1) is 17.5. The highest BCUT2D eigenvalue weighted by Crippen LogP contribution is 2.26. The lowest BCUT2D eigenvalue weighted by molar-refractivity contribution is -0.121. The molecule has 7 heteroatoms. The average Bonchev–Trinajstić information content (AvgIpc) is 2.90. The zero-order chi connectivity index (χ0) is 17.5. The molecule has 128 valence electrons. The fourth-order valence-corrected chi connectivity index (χ4v) is 2.28. The molecule has 0 aliphatic rings. The van der Waals surface area contributed by atoms with Crippen LogP contribution in [0.1, 0.15) is 23.4 Å². The number of aryl methyl sites for hydroxylation is 3. The molecule has 2 rings (SSSR count). The monoisotopic (exact) mass is 330 g/mol. The number of methoxy groups -OCH3 is 2. The molecular weight excluding hydrogens is 308 g/mol. The van der Waals surface area contributed by atoms with Crippen molar-refractivity contribution in [2.75, 3.05) is 14.2 Å². The second-order valence-corrected chi connectivity index (χ2v) is 5.31. The van der Waals surface area contributed by atoms with Gasteiger partial charge in [0, 0.05) is 12.1 Å². The molecule has 0 radical (unpaired) electrons. The minimum absolute atomic E-state index is 0.167. The Kier molecular flexibility index (Phi) is 5.95. The number of hydrazone groups is 1. The van der Waals surface area contributed by atoms with E-state index in [-0.39, 0.29) is 5.91 Å². The van der Waals surface area contributed by atoms with Crippen LogP contribution in [0, 0.1) is 13.8 Å². The van der Waals surface area contributed by atoms with Gasteiger partial charge in [0.1, 0.15) is 0 Å². The number of benzene rings is 1. The largest absolute Gasteiger partial charge is 0.493 e. The van der Waals surface area contributed by atoms with Gasteiger partial charge in [0.25, 0.3) is 0 Å². The van der Waals surface area contributed by atoms with Crippen molar-refractivity contribution in [1.29, 1.82) is 0 Å². The Morgan fingerprint density at radius 1 is 1.25 bits per heavy atom. The van der Waals surface area contributed by atoms with E-state index in [2.05, 4.69) is 15.6 Å².